The van der Waals surface area contributed by atoms with Crippen LogP contribution in [0.15, 0.2) is 0 Å². The summed E-state index contributed by atoms with van der Waals surface area (Å²) in [6.07, 6.45) is 0. The summed E-state index contributed by atoms with van der Waals surface area (Å²) < 4.78 is 5.37. The number of likely N-dealkylation sites (tertiary alicyclic amines) is 1. The van der Waals surface area contributed by atoms with Crippen LogP contribution < -0.4 is 5.73 Å². The second-order valence-electron chi connectivity index (χ2n) is 5.31. The molecule has 14 heavy (non-hydrogen) atoms. The lowest BCUT2D eigenvalue weighted by atomic mass is 9.74. The Bertz CT molecular complexity index is 195. The third kappa shape index (κ3) is 1.69. The predicted molar refractivity (Wildman–Crippen MR) is 57.1 cm³/mol. The third-order valence-corrected chi connectivity index (χ3v) is 3.91. The van der Waals surface area contributed by atoms with Crippen molar-refractivity contribution < 1.29 is 4.74 Å². The molecule has 0 aromatic carbocycles. The zero-order valence-electron chi connectivity index (χ0n) is 9.33. The molecule has 2 heterocycles. The molecule has 0 aromatic heterocycles. The molecule has 3 nitrogen and oxygen atoms in total. The van der Waals surface area contributed by atoms with Gasteiger partial charge in [-0.2, -0.15) is 0 Å². The molecule has 0 radical (unpaired) electrons. The zero-order chi connectivity index (χ0) is 10.2. The number of hydrogen-bond donors (Lipinski definition) is 1. The van der Waals surface area contributed by atoms with Gasteiger partial charge in [-0.15, -0.1) is 0 Å². The lowest BCUT2D eigenvalue weighted by Crippen LogP contribution is -2.60. The Morgan fingerprint density at radius 2 is 2.07 bits per heavy atom. The molecule has 2 aliphatic rings. The van der Waals surface area contributed by atoms with E-state index in [1.54, 1.807) is 0 Å². The van der Waals surface area contributed by atoms with Gasteiger partial charge in [-0.1, -0.05) is 13.8 Å². The first-order valence-electron chi connectivity index (χ1n) is 5.66. The van der Waals surface area contributed by atoms with Crippen molar-refractivity contribution >= 4 is 0 Å². The normalized spacial score (nSPS) is 27.4. The van der Waals surface area contributed by atoms with Gasteiger partial charge < -0.3 is 15.4 Å². The van der Waals surface area contributed by atoms with Crippen molar-refractivity contribution in [3.8, 4) is 0 Å². The number of nitrogens with zero attached hydrogens (tertiary/aromatic N) is 1. The quantitative estimate of drug-likeness (QED) is 0.717. The van der Waals surface area contributed by atoms with Gasteiger partial charge in [0.1, 0.15) is 0 Å². The molecule has 2 rings (SSSR count). The highest BCUT2D eigenvalue weighted by Gasteiger charge is 2.44. The molecule has 0 aliphatic carbocycles. The van der Waals surface area contributed by atoms with Gasteiger partial charge in [0.15, 0.2) is 0 Å². The smallest absolute Gasteiger partial charge is 0.0559 e. The van der Waals surface area contributed by atoms with Crippen molar-refractivity contribution in [2.24, 2.45) is 23.0 Å². The Morgan fingerprint density at radius 3 is 2.43 bits per heavy atom. The van der Waals surface area contributed by atoms with E-state index in [0.717, 1.165) is 31.6 Å². The molecule has 0 aromatic rings. The maximum Gasteiger partial charge on any atom is 0.0559 e. The topological polar surface area (TPSA) is 38.5 Å². The van der Waals surface area contributed by atoms with E-state index in [0.29, 0.717) is 5.41 Å². The monoisotopic (exact) mass is 198 g/mol. The van der Waals surface area contributed by atoms with Crippen molar-refractivity contribution in [3.63, 3.8) is 0 Å². The maximum atomic E-state index is 5.61. The lowest BCUT2D eigenvalue weighted by molar-refractivity contribution is -0.159. The molecule has 0 saturated carbocycles. The Balaban J connectivity index is 1.79. The fourth-order valence-corrected chi connectivity index (χ4v) is 2.37. The van der Waals surface area contributed by atoms with Gasteiger partial charge in [0.25, 0.3) is 0 Å². The molecule has 2 fully saturated rings. The van der Waals surface area contributed by atoms with Crippen LogP contribution >= 0.6 is 0 Å². The Morgan fingerprint density at radius 1 is 1.43 bits per heavy atom. The molecule has 0 unspecified atom stereocenters. The van der Waals surface area contributed by atoms with Gasteiger partial charge in [-0.25, -0.2) is 0 Å². The number of nitrogens with two attached hydrogens (primary N) is 1. The van der Waals surface area contributed by atoms with E-state index in [1.165, 1.54) is 19.6 Å². The van der Waals surface area contributed by atoms with E-state index in [9.17, 15) is 0 Å². The van der Waals surface area contributed by atoms with Gasteiger partial charge >= 0.3 is 0 Å². The summed E-state index contributed by atoms with van der Waals surface area (Å²) >= 11 is 0. The Hall–Kier alpha value is -0.120. The van der Waals surface area contributed by atoms with Crippen molar-refractivity contribution in [2.75, 3.05) is 39.4 Å². The van der Waals surface area contributed by atoms with Gasteiger partial charge in [-0.3, -0.25) is 0 Å². The number of rotatable bonds is 4. The van der Waals surface area contributed by atoms with E-state index in [-0.39, 0.29) is 0 Å². The SMILES string of the molecule is CC(C)C1(CN2CC(CN)C2)COC1. The minimum atomic E-state index is 0.444. The molecule has 0 amide bonds. The van der Waals surface area contributed by atoms with E-state index in [4.69, 9.17) is 10.5 Å². The van der Waals surface area contributed by atoms with Crippen LogP contribution in [0.2, 0.25) is 0 Å². The highest BCUT2D eigenvalue weighted by molar-refractivity contribution is 4.94. The second kappa shape index (κ2) is 3.80. The first kappa shape index (κ1) is 10.4. The second-order valence-corrected chi connectivity index (χ2v) is 5.31. The molecule has 0 bridgehead atoms. The van der Waals surface area contributed by atoms with E-state index >= 15 is 0 Å². The maximum absolute atomic E-state index is 5.61. The minimum absolute atomic E-state index is 0.444. The third-order valence-electron chi connectivity index (χ3n) is 3.91. The largest absolute Gasteiger partial charge is 0.380 e. The lowest BCUT2D eigenvalue weighted by Gasteiger charge is -2.51. The highest BCUT2D eigenvalue weighted by Crippen LogP contribution is 2.37. The van der Waals surface area contributed by atoms with Crippen molar-refractivity contribution in [1.29, 1.82) is 0 Å². The Kier molecular flexibility index (Phi) is 2.82. The van der Waals surface area contributed by atoms with Crippen molar-refractivity contribution in [1.82, 2.24) is 4.90 Å². The van der Waals surface area contributed by atoms with Crippen LogP contribution in [0, 0.1) is 17.3 Å². The van der Waals surface area contributed by atoms with Crippen LogP contribution in [0.25, 0.3) is 0 Å². The van der Waals surface area contributed by atoms with Gasteiger partial charge in [0.05, 0.1) is 13.2 Å². The molecule has 82 valence electrons. The summed E-state index contributed by atoms with van der Waals surface area (Å²) in [5.74, 6) is 1.48. The summed E-state index contributed by atoms with van der Waals surface area (Å²) in [4.78, 5) is 2.53. The summed E-state index contributed by atoms with van der Waals surface area (Å²) in [6, 6.07) is 0. The van der Waals surface area contributed by atoms with Crippen LogP contribution in [0.1, 0.15) is 13.8 Å². The molecule has 2 aliphatic heterocycles. The molecule has 0 spiro atoms. The van der Waals surface area contributed by atoms with Crippen LogP contribution in [0.3, 0.4) is 0 Å². The average Bonchev–Trinajstić information content (AvgIpc) is 1.98. The standard InChI is InChI=1S/C11H22N2O/c1-9(2)11(7-14-8-11)6-13-4-10(3-12)5-13/h9-10H,3-8,12H2,1-2H3. The number of hydrogen-bond acceptors (Lipinski definition) is 3. The minimum Gasteiger partial charge on any atom is -0.380 e. The summed E-state index contributed by atoms with van der Waals surface area (Å²) in [5.41, 5.74) is 6.06. The summed E-state index contributed by atoms with van der Waals surface area (Å²) in [6.45, 7) is 11.0. The zero-order valence-corrected chi connectivity index (χ0v) is 9.33. The molecular weight excluding hydrogens is 176 g/mol. The van der Waals surface area contributed by atoms with Gasteiger partial charge in [-0.05, 0) is 18.4 Å². The highest BCUT2D eigenvalue weighted by atomic mass is 16.5. The average molecular weight is 198 g/mol. The fraction of sp³-hybridized carbons (Fsp3) is 1.00. The van der Waals surface area contributed by atoms with Crippen LogP contribution in [-0.4, -0.2) is 44.3 Å². The molecule has 2 saturated heterocycles. The van der Waals surface area contributed by atoms with E-state index < -0.39 is 0 Å². The predicted octanol–water partition coefficient (Wildman–Crippen LogP) is 0.550. The first-order valence-corrected chi connectivity index (χ1v) is 5.66. The Labute approximate surface area is 86.6 Å². The molecule has 2 N–H and O–H groups in total. The fourth-order valence-electron chi connectivity index (χ4n) is 2.37. The van der Waals surface area contributed by atoms with Crippen LogP contribution in [0.5, 0.6) is 0 Å². The van der Waals surface area contributed by atoms with Crippen molar-refractivity contribution in [2.45, 2.75) is 13.8 Å². The van der Waals surface area contributed by atoms with Crippen LogP contribution in [0.4, 0.5) is 0 Å². The summed E-state index contributed by atoms with van der Waals surface area (Å²) in [7, 11) is 0. The van der Waals surface area contributed by atoms with Gasteiger partial charge in [0.2, 0.25) is 0 Å². The number of ether oxygens (including phenoxy) is 1. The van der Waals surface area contributed by atoms with Crippen LogP contribution in [-0.2, 0) is 4.74 Å². The summed E-state index contributed by atoms with van der Waals surface area (Å²) in [5, 5.41) is 0. The first-order chi connectivity index (χ1) is 6.66. The molecule has 0 atom stereocenters. The van der Waals surface area contributed by atoms with E-state index in [2.05, 4.69) is 18.7 Å². The van der Waals surface area contributed by atoms with E-state index in [1.807, 2.05) is 0 Å². The molecule has 3 heteroatoms. The molecular formula is C11H22N2O. The van der Waals surface area contributed by atoms with Crippen molar-refractivity contribution in [3.05, 3.63) is 0 Å². The van der Waals surface area contributed by atoms with Gasteiger partial charge in [0, 0.05) is 25.0 Å².